The summed E-state index contributed by atoms with van der Waals surface area (Å²) in [7, 11) is 2.07. The van der Waals surface area contributed by atoms with Crippen LogP contribution in [0.4, 0.5) is 0 Å². The molecule has 6 heteroatoms. The first kappa shape index (κ1) is 23.2. The largest absolute Gasteiger partial charge is 0.386 e. The maximum absolute atomic E-state index is 10.4. The van der Waals surface area contributed by atoms with Crippen LogP contribution in [0.3, 0.4) is 0 Å². The van der Waals surface area contributed by atoms with Gasteiger partial charge in [0, 0.05) is 33.4 Å². The molecule has 1 aliphatic rings. The van der Waals surface area contributed by atoms with Crippen molar-refractivity contribution in [2.24, 2.45) is 10.9 Å². The average Bonchev–Trinajstić information content (AvgIpc) is 2.64. The topological polar surface area (TPSA) is 57.1 Å². The van der Waals surface area contributed by atoms with Crippen LogP contribution in [0.5, 0.6) is 0 Å². The standard InChI is InChI=1S/C20H33N3O2.HI/c1-4-21-20(23(3)12-9-17-10-13-25-14-11-17)22-15-19(24)18-7-5-16(2)6-8-18;/h5-8,17,19,24H,4,9-15H2,1-3H3,(H,21,22);1H. The van der Waals surface area contributed by atoms with Crippen molar-refractivity contribution in [3.8, 4) is 0 Å². The van der Waals surface area contributed by atoms with E-state index in [4.69, 9.17) is 4.74 Å². The lowest BCUT2D eigenvalue weighted by Gasteiger charge is -2.27. The van der Waals surface area contributed by atoms with Crippen molar-refractivity contribution in [2.75, 3.05) is 39.9 Å². The fourth-order valence-electron chi connectivity index (χ4n) is 3.05. The number of rotatable bonds is 7. The Kier molecular flexibility index (Phi) is 11.2. The number of aliphatic hydroxyl groups excluding tert-OH is 1. The molecule has 5 nitrogen and oxygen atoms in total. The molecule has 0 saturated carbocycles. The van der Waals surface area contributed by atoms with Gasteiger partial charge in [0.1, 0.15) is 0 Å². The number of nitrogens with one attached hydrogen (secondary N) is 1. The summed E-state index contributed by atoms with van der Waals surface area (Å²) in [5.74, 6) is 1.61. The van der Waals surface area contributed by atoms with E-state index in [0.717, 1.165) is 63.0 Å². The second kappa shape index (κ2) is 12.5. The van der Waals surface area contributed by atoms with Crippen molar-refractivity contribution in [3.63, 3.8) is 0 Å². The Morgan fingerprint density at radius 2 is 1.96 bits per heavy atom. The van der Waals surface area contributed by atoms with Crippen molar-refractivity contribution in [2.45, 2.75) is 39.2 Å². The Morgan fingerprint density at radius 1 is 1.31 bits per heavy atom. The number of hydrogen-bond acceptors (Lipinski definition) is 3. The summed E-state index contributed by atoms with van der Waals surface area (Å²) < 4.78 is 5.43. The second-order valence-corrected chi connectivity index (χ2v) is 6.89. The SMILES string of the molecule is CCNC(=NCC(O)c1ccc(C)cc1)N(C)CCC1CCOCC1.I. The molecule has 1 heterocycles. The molecular weight excluding hydrogens is 441 g/mol. The Hall–Kier alpha value is -0.860. The smallest absolute Gasteiger partial charge is 0.193 e. The summed E-state index contributed by atoms with van der Waals surface area (Å²) in [6.45, 7) is 8.06. The monoisotopic (exact) mass is 475 g/mol. The molecule has 2 rings (SSSR count). The number of benzene rings is 1. The van der Waals surface area contributed by atoms with E-state index in [1.807, 2.05) is 31.2 Å². The van der Waals surface area contributed by atoms with Gasteiger partial charge in [0.05, 0.1) is 12.6 Å². The number of aliphatic hydroxyl groups is 1. The van der Waals surface area contributed by atoms with Crippen molar-refractivity contribution < 1.29 is 9.84 Å². The van der Waals surface area contributed by atoms with Gasteiger partial charge in [0.15, 0.2) is 5.96 Å². The van der Waals surface area contributed by atoms with Crippen LogP contribution < -0.4 is 5.32 Å². The van der Waals surface area contributed by atoms with Crippen molar-refractivity contribution >= 4 is 29.9 Å². The minimum Gasteiger partial charge on any atom is -0.386 e. The summed E-state index contributed by atoms with van der Waals surface area (Å²) in [4.78, 5) is 6.80. The Balaban J connectivity index is 0.00000338. The Morgan fingerprint density at radius 3 is 2.58 bits per heavy atom. The third-order valence-corrected chi connectivity index (χ3v) is 4.79. The highest BCUT2D eigenvalue weighted by Gasteiger charge is 2.16. The second-order valence-electron chi connectivity index (χ2n) is 6.89. The fourth-order valence-corrected chi connectivity index (χ4v) is 3.05. The lowest BCUT2D eigenvalue weighted by Crippen LogP contribution is -2.40. The van der Waals surface area contributed by atoms with Crippen LogP contribution in [0.2, 0.25) is 0 Å². The third-order valence-electron chi connectivity index (χ3n) is 4.79. The number of halogens is 1. The van der Waals surface area contributed by atoms with Gasteiger partial charge >= 0.3 is 0 Å². The quantitative estimate of drug-likeness (QED) is 0.361. The number of aliphatic imine (C=N–C) groups is 1. The van der Waals surface area contributed by atoms with Crippen LogP contribution in [-0.4, -0.2) is 55.9 Å². The van der Waals surface area contributed by atoms with E-state index in [-0.39, 0.29) is 24.0 Å². The molecule has 1 aromatic carbocycles. The molecule has 1 aliphatic heterocycles. The summed E-state index contributed by atoms with van der Waals surface area (Å²) >= 11 is 0. The predicted molar refractivity (Wildman–Crippen MR) is 118 cm³/mol. The molecular formula is C20H34IN3O2. The maximum atomic E-state index is 10.4. The van der Waals surface area contributed by atoms with Gasteiger partial charge in [-0.15, -0.1) is 24.0 Å². The van der Waals surface area contributed by atoms with E-state index in [1.54, 1.807) is 0 Å². The number of aryl methyl sites for hydroxylation is 1. The predicted octanol–water partition coefficient (Wildman–Crippen LogP) is 3.36. The summed E-state index contributed by atoms with van der Waals surface area (Å²) in [6, 6.07) is 7.98. The molecule has 1 unspecified atom stereocenters. The molecule has 0 amide bonds. The van der Waals surface area contributed by atoms with Crippen molar-refractivity contribution in [1.29, 1.82) is 0 Å². The molecule has 0 bridgehead atoms. The Bertz CT molecular complexity index is 530. The number of nitrogens with zero attached hydrogens (tertiary/aromatic N) is 2. The van der Waals surface area contributed by atoms with Crippen molar-refractivity contribution in [1.82, 2.24) is 10.2 Å². The van der Waals surface area contributed by atoms with Gasteiger partial charge < -0.3 is 20.1 Å². The Labute approximate surface area is 175 Å². The first-order valence-electron chi connectivity index (χ1n) is 9.42. The first-order valence-corrected chi connectivity index (χ1v) is 9.42. The van der Waals surface area contributed by atoms with E-state index in [9.17, 15) is 5.11 Å². The summed E-state index contributed by atoms with van der Waals surface area (Å²) in [6.07, 6.45) is 2.91. The van der Waals surface area contributed by atoms with E-state index >= 15 is 0 Å². The third kappa shape index (κ3) is 7.80. The molecule has 1 fully saturated rings. The van der Waals surface area contributed by atoms with E-state index < -0.39 is 6.10 Å². The van der Waals surface area contributed by atoms with Gasteiger partial charge in [-0.25, -0.2) is 0 Å². The normalized spacial score (nSPS) is 16.7. The molecule has 0 aliphatic carbocycles. The van der Waals surface area contributed by atoms with Gasteiger partial charge in [0.2, 0.25) is 0 Å². The zero-order chi connectivity index (χ0) is 18.1. The number of hydrogen-bond donors (Lipinski definition) is 2. The lowest BCUT2D eigenvalue weighted by molar-refractivity contribution is 0.0625. The van der Waals surface area contributed by atoms with Crippen molar-refractivity contribution in [3.05, 3.63) is 35.4 Å². The molecule has 1 aromatic rings. The first-order chi connectivity index (χ1) is 12.1. The lowest BCUT2D eigenvalue weighted by atomic mass is 9.96. The fraction of sp³-hybridized carbons (Fsp3) is 0.650. The van der Waals surface area contributed by atoms with E-state index in [2.05, 4.69) is 29.2 Å². The maximum Gasteiger partial charge on any atom is 0.193 e. The zero-order valence-corrected chi connectivity index (χ0v) is 18.6. The van der Waals surface area contributed by atoms with Gasteiger partial charge in [-0.3, -0.25) is 4.99 Å². The summed E-state index contributed by atoms with van der Waals surface area (Å²) in [5.41, 5.74) is 2.11. The molecule has 0 spiro atoms. The highest BCUT2D eigenvalue weighted by atomic mass is 127. The molecule has 26 heavy (non-hydrogen) atoms. The molecule has 1 saturated heterocycles. The van der Waals surface area contributed by atoms with E-state index in [0.29, 0.717) is 6.54 Å². The van der Waals surface area contributed by atoms with Crippen LogP contribution in [0.25, 0.3) is 0 Å². The van der Waals surface area contributed by atoms with Crippen LogP contribution >= 0.6 is 24.0 Å². The van der Waals surface area contributed by atoms with E-state index in [1.165, 1.54) is 5.56 Å². The van der Waals surface area contributed by atoms with Crippen LogP contribution in [-0.2, 0) is 4.74 Å². The minimum absolute atomic E-state index is 0. The van der Waals surface area contributed by atoms with Crippen LogP contribution in [0, 0.1) is 12.8 Å². The average molecular weight is 475 g/mol. The molecule has 0 aromatic heterocycles. The van der Waals surface area contributed by atoms with Gasteiger partial charge in [-0.2, -0.15) is 0 Å². The summed E-state index contributed by atoms with van der Waals surface area (Å²) in [5, 5.41) is 13.7. The molecule has 2 N–H and O–H groups in total. The van der Waals surface area contributed by atoms with Crippen LogP contribution in [0.15, 0.2) is 29.3 Å². The van der Waals surface area contributed by atoms with Gasteiger partial charge in [-0.1, -0.05) is 29.8 Å². The zero-order valence-electron chi connectivity index (χ0n) is 16.3. The number of guanidine groups is 1. The molecule has 1 atom stereocenters. The molecule has 0 radical (unpaired) electrons. The van der Waals surface area contributed by atoms with Crippen LogP contribution in [0.1, 0.15) is 43.4 Å². The minimum atomic E-state index is -0.571. The highest BCUT2D eigenvalue weighted by molar-refractivity contribution is 14.0. The van der Waals surface area contributed by atoms with Gasteiger partial charge in [-0.05, 0) is 44.6 Å². The number of ether oxygens (including phenoxy) is 1. The highest BCUT2D eigenvalue weighted by Crippen LogP contribution is 2.18. The molecule has 148 valence electrons. The van der Waals surface area contributed by atoms with Gasteiger partial charge in [0.25, 0.3) is 0 Å².